The second kappa shape index (κ2) is 5.52. The highest BCUT2D eigenvalue weighted by Gasteiger charge is 2.35. The Hall–Kier alpha value is -1.05. The van der Waals surface area contributed by atoms with E-state index in [1.54, 1.807) is 0 Å². The van der Waals surface area contributed by atoms with Gasteiger partial charge in [0.25, 0.3) is 0 Å². The molecule has 4 heteroatoms. The molecule has 2 heterocycles. The van der Waals surface area contributed by atoms with Crippen LogP contribution in [0.2, 0.25) is 0 Å². The highest BCUT2D eigenvalue weighted by atomic mass is 79.9. The molecule has 3 nitrogen and oxygen atoms in total. The van der Waals surface area contributed by atoms with Gasteiger partial charge in [-0.05, 0) is 44.0 Å². The molecule has 0 bridgehead atoms. The molecule has 2 saturated heterocycles. The first kappa shape index (κ1) is 13.0. The molecule has 0 amide bonds. The zero-order chi connectivity index (χ0) is 13.2. The van der Waals surface area contributed by atoms with Crippen LogP contribution in [-0.4, -0.2) is 30.1 Å². The lowest BCUT2D eigenvalue weighted by molar-refractivity contribution is 0.193. The summed E-state index contributed by atoms with van der Waals surface area (Å²) in [4.78, 5) is 2.60. The average molecular weight is 320 g/mol. The molecule has 2 fully saturated rings. The number of nitrogens with zero attached hydrogens (tertiary/aromatic N) is 2. The van der Waals surface area contributed by atoms with Gasteiger partial charge in [0.15, 0.2) is 0 Å². The van der Waals surface area contributed by atoms with Crippen LogP contribution in [0.3, 0.4) is 0 Å². The van der Waals surface area contributed by atoms with Crippen molar-refractivity contribution in [3.63, 3.8) is 0 Å². The third-order valence-electron chi connectivity index (χ3n) is 4.30. The summed E-state index contributed by atoms with van der Waals surface area (Å²) < 4.78 is 0.959. The van der Waals surface area contributed by atoms with E-state index in [-0.39, 0.29) is 0 Å². The summed E-state index contributed by atoms with van der Waals surface area (Å²) in [6.07, 6.45) is 5.15. The van der Waals surface area contributed by atoms with E-state index in [1.165, 1.54) is 38.8 Å². The van der Waals surface area contributed by atoms with Gasteiger partial charge in [-0.2, -0.15) is 5.26 Å². The summed E-state index contributed by atoms with van der Waals surface area (Å²) in [6.45, 7) is 2.44. The first-order chi connectivity index (χ1) is 9.28. The van der Waals surface area contributed by atoms with Crippen molar-refractivity contribution in [2.75, 3.05) is 18.4 Å². The van der Waals surface area contributed by atoms with Crippen LogP contribution in [0.25, 0.3) is 0 Å². The SMILES string of the molecule is N#Cc1cc(Br)ccc1NC1CCN2CCCCC12. The molecule has 2 unspecified atom stereocenters. The predicted octanol–water partition coefficient (Wildman–Crippen LogP) is 3.36. The summed E-state index contributed by atoms with van der Waals surface area (Å²) in [5, 5.41) is 12.8. The molecule has 19 heavy (non-hydrogen) atoms. The van der Waals surface area contributed by atoms with Crippen molar-refractivity contribution in [1.29, 1.82) is 5.26 Å². The minimum Gasteiger partial charge on any atom is -0.380 e. The van der Waals surface area contributed by atoms with Gasteiger partial charge in [-0.25, -0.2) is 0 Å². The van der Waals surface area contributed by atoms with Gasteiger partial charge in [0.2, 0.25) is 0 Å². The zero-order valence-corrected chi connectivity index (χ0v) is 12.5. The van der Waals surface area contributed by atoms with Gasteiger partial charge in [0, 0.05) is 23.1 Å². The molecule has 1 aromatic rings. The molecule has 1 N–H and O–H groups in total. The van der Waals surface area contributed by atoms with Crippen molar-refractivity contribution < 1.29 is 0 Å². The average Bonchev–Trinajstić information content (AvgIpc) is 2.84. The van der Waals surface area contributed by atoms with Gasteiger partial charge in [0.05, 0.1) is 11.3 Å². The van der Waals surface area contributed by atoms with Crippen molar-refractivity contribution in [1.82, 2.24) is 4.90 Å². The van der Waals surface area contributed by atoms with Crippen LogP contribution in [0.4, 0.5) is 5.69 Å². The van der Waals surface area contributed by atoms with E-state index >= 15 is 0 Å². The summed E-state index contributed by atoms with van der Waals surface area (Å²) in [5.41, 5.74) is 1.70. The number of piperidine rings is 1. The monoisotopic (exact) mass is 319 g/mol. The second-order valence-corrected chi connectivity index (χ2v) is 6.36. The molecule has 0 aromatic heterocycles. The Balaban J connectivity index is 1.77. The molecule has 2 aliphatic rings. The van der Waals surface area contributed by atoms with Crippen LogP contribution >= 0.6 is 15.9 Å². The minimum atomic E-state index is 0.494. The van der Waals surface area contributed by atoms with Gasteiger partial charge < -0.3 is 5.32 Å². The van der Waals surface area contributed by atoms with Gasteiger partial charge in [-0.15, -0.1) is 0 Å². The summed E-state index contributed by atoms with van der Waals surface area (Å²) in [5.74, 6) is 0. The predicted molar refractivity (Wildman–Crippen MR) is 80.1 cm³/mol. The fourth-order valence-corrected chi connectivity index (χ4v) is 3.71. The van der Waals surface area contributed by atoms with E-state index in [9.17, 15) is 5.26 Å². The largest absolute Gasteiger partial charge is 0.380 e. The molecule has 1 aromatic carbocycles. The Morgan fingerprint density at radius 2 is 2.16 bits per heavy atom. The van der Waals surface area contributed by atoms with Gasteiger partial charge in [-0.3, -0.25) is 4.90 Å². The fraction of sp³-hybridized carbons (Fsp3) is 0.533. The van der Waals surface area contributed by atoms with Gasteiger partial charge >= 0.3 is 0 Å². The number of nitriles is 1. The van der Waals surface area contributed by atoms with E-state index < -0.39 is 0 Å². The van der Waals surface area contributed by atoms with Crippen molar-refractivity contribution >= 4 is 21.6 Å². The highest BCUT2D eigenvalue weighted by Crippen LogP contribution is 2.30. The molecule has 2 aliphatic heterocycles. The number of halogens is 1. The van der Waals surface area contributed by atoms with E-state index in [0.717, 1.165) is 15.7 Å². The van der Waals surface area contributed by atoms with E-state index in [1.807, 2.05) is 18.2 Å². The van der Waals surface area contributed by atoms with Gasteiger partial charge in [0.1, 0.15) is 6.07 Å². The number of hydrogen-bond donors (Lipinski definition) is 1. The van der Waals surface area contributed by atoms with Gasteiger partial charge in [-0.1, -0.05) is 22.4 Å². The Morgan fingerprint density at radius 1 is 1.26 bits per heavy atom. The first-order valence-electron chi connectivity index (χ1n) is 6.98. The first-order valence-corrected chi connectivity index (χ1v) is 7.77. The fourth-order valence-electron chi connectivity index (χ4n) is 3.35. The molecule has 0 aliphatic carbocycles. The summed E-state index contributed by atoms with van der Waals surface area (Å²) in [6, 6.07) is 9.32. The molecule has 0 saturated carbocycles. The number of hydrogen-bond acceptors (Lipinski definition) is 3. The second-order valence-electron chi connectivity index (χ2n) is 5.44. The number of fused-ring (bicyclic) bond motifs is 1. The highest BCUT2D eigenvalue weighted by molar-refractivity contribution is 9.10. The van der Waals surface area contributed by atoms with E-state index in [2.05, 4.69) is 32.2 Å². The van der Waals surface area contributed by atoms with Crippen molar-refractivity contribution in [3.05, 3.63) is 28.2 Å². The molecular weight excluding hydrogens is 302 g/mol. The van der Waals surface area contributed by atoms with Crippen LogP contribution in [-0.2, 0) is 0 Å². The van der Waals surface area contributed by atoms with Crippen molar-refractivity contribution in [2.24, 2.45) is 0 Å². The Kier molecular flexibility index (Phi) is 3.76. The lowest BCUT2D eigenvalue weighted by atomic mass is 9.98. The molecular formula is C15H18BrN3. The third-order valence-corrected chi connectivity index (χ3v) is 4.79. The summed E-state index contributed by atoms with van der Waals surface area (Å²) in [7, 11) is 0. The molecule has 0 spiro atoms. The lowest BCUT2D eigenvalue weighted by Gasteiger charge is -2.33. The van der Waals surface area contributed by atoms with E-state index in [0.29, 0.717) is 12.1 Å². The number of nitrogens with one attached hydrogen (secondary N) is 1. The Morgan fingerprint density at radius 3 is 3.00 bits per heavy atom. The zero-order valence-electron chi connectivity index (χ0n) is 10.9. The maximum atomic E-state index is 9.23. The topological polar surface area (TPSA) is 39.1 Å². The standard InChI is InChI=1S/C15H18BrN3/c16-12-4-5-13(11(9-12)10-17)18-14-6-8-19-7-2-1-3-15(14)19/h4-5,9,14-15,18H,1-3,6-8H2. The van der Waals surface area contributed by atoms with Crippen LogP contribution in [0.1, 0.15) is 31.2 Å². The quantitative estimate of drug-likeness (QED) is 0.908. The number of rotatable bonds is 2. The van der Waals surface area contributed by atoms with Crippen molar-refractivity contribution in [2.45, 2.75) is 37.8 Å². The van der Waals surface area contributed by atoms with Crippen molar-refractivity contribution in [3.8, 4) is 6.07 Å². The van der Waals surface area contributed by atoms with Crippen LogP contribution in [0.5, 0.6) is 0 Å². The maximum absolute atomic E-state index is 9.23. The number of benzene rings is 1. The van der Waals surface area contributed by atoms with Crippen LogP contribution < -0.4 is 5.32 Å². The molecule has 3 rings (SSSR count). The number of anilines is 1. The molecule has 100 valence electrons. The minimum absolute atomic E-state index is 0.494. The normalized spacial score (nSPS) is 26.7. The van der Waals surface area contributed by atoms with Crippen LogP contribution in [0.15, 0.2) is 22.7 Å². The summed E-state index contributed by atoms with van der Waals surface area (Å²) >= 11 is 3.42. The molecule has 0 radical (unpaired) electrons. The lowest BCUT2D eigenvalue weighted by Crippen LogP contribution is -2.41. The Labute approximate surface area is 122 Å². The van der Waals surface area contributed by atoms with E-state index in [4.69, 9.17) is 0 Å². The molecule has 2 atom stereocenters. The van der Waals surface area contributed by atoms with Crippen LogP contribution in [0, 0.1) is 11.3 Å². The smallest absolute Gasteiger partial charge is 0.101 e. The third kappa shape index (κ3) is 2.63. The Bertz CT molecular complexity index is 509. The maximum Gasteiger partial charge on any atom is 0.101 e.